The van der Waals surface area contributed by atoms with E-state index < -0.39 is 18.1 Å². The van der Waals surface area contributed by atoms with E-state index in [2.05, 4.69) is 0 Å². The number of rotatable bonds is 1. The quantitative estimate of drug-likeness (QED) is 0.648. The van der Waals surface area contributed by atoms with Gasteiger partial charge < -0.3 is 4.90 Å². The minimum absolute atomic E-state index is 0.0436. The molecule has 1 amide bonds. The predicted octanol–water partition coefficient (Wildman–Crippen LogP) is 2.20. The Kier molecular flexibility index (Phi) is 3.07. The lowest BCUT2D eigenvalue weighted by molar-refractivity contribution is -0.184. The predicted molar refractivity (Wildman–Crippen MR) is 45.6 cm³/mol. The van der Waals surface area contributed by atoms with Crippen molar-refractivity contribution in [1.82, 2.24) is 4.90 Å². The Morgan fingerprint density at radius 3 is 2.43 bits per heavy atom. The van der Waals surface area contributed by atoms with Gasteiger partial charge in [0, 0.05) is 12.5 Å². The molecule has 0 aliphatic carbocycles. The normalized spacial score (nSPS) is 23.3. The van der Waals surface area contributed by atoms with Crippen LogP contribution in [-0.4, -0.2) is 29.6 Å². The number of carbonyl (C=O) groups excluding carboxylic acids is 1. The number of hydrogen-bond donors (Lipinski definition) is 0. The summed E-state index contributed by atoms with van der Waals surface area (Å²) in [5.41, 5.74) is 0. The van der Waals surface area contributed by atoms with E-state index in [9.17, 15) is 18.0 Å². The Hall–Kier alpha value is -0.740. The second-order valence-corrected chi connectivity index (χ2v) is 3.89. The minimum Gasteiger partial charge on any atom is -0.330 e. The maximum Gasteiger partial charge on any atom is 0.408 e. The first-order valence-corrected chi connectivity index (χ1v) is 4.71. The molecule has 1 rings (SSSR count). The summed E-state index contributed by atoms with van der Waals surface area (Å²) in [7, 11) is 0. The molecule has 0 saturated carbocycles. The van der Waals surface area contributed by atoms with Crippen LogP contribution in [0, 0.1) is 5.92 Å². The van der Waals surface area contributed by atoms with E-state index in [0.717, 1.165) is 4.90 Å². The van der Waals surface area contributed by atoms with Crippen LogP contribution in [0.1, 0.15) is 26.7 Å². The van der Waals surface area contributed by atoms with Crippen LogP contribution >= 0.6 is 0 Å². The summed E-state index contributed by atoms with van der Waals surface area (Å²) in [6.07, 6.45) is -3.79. The fraction of sp³-hybridized carbons (Fsp3) is 0.889. The van der Waals surface area contributed by atoms with Crippen molar-refractivity contribution in [2.45, 2.75) is 38.9 Å². The standard InChI is InChI=1S/C9H14F3NO/c1-6(2)8(14)13-5-3-4-7(13)9(10,11)12/h6-7H,3-5H2,1-2H3. The molecule has 1 aliphatic heterocycles. The third-order valence-corrected chi connectivity index (χ3v) is 2.41. The van der Waals surface area contributed by atoms with Crippen molar-refractivity contribution in [3.63, 3.8) is 0 Å². The summed E-state index contributed by atoms with van der Waals surface area (Å²) in [5, 5.41) is 0. The van der Waals surface area contributed by atoms with Crippen LogP contribution in [0.4, 0.5) is 13.2 Å². The lowest BCUT2D eigenvalue weighted by Crippen LogP contribution is -2.46. The highest BCUT2D eigenvalue weighted by atomic mass is 19.4. The van der Waals surface area contributed by atoms with Gasteiger partial charge in [-0.25, -0.2) is 0 Å². The molecule has 0 aromatic carbocycles. The van der Waals surface area contributed by atoms with Crippen molar-refractivity contribution < 1.29 is 18.0 Å². The van der Waals surface area contributed by atoms with Gasteiger partial charge in [-0.05, 0) is 12.8 Å². The number of carbonyl (C=O) groups is 1. The minimum atomic E-state index is -4.28. The SMILES string of the molecule is CC(C)C(=O)N1CCCC1C(F)(F)F. The summed E-state index contributed by atoms with van der Waals surface area (Å²) in [6, 6.07) is -1.56. The summed E-state index contributed by atoms with van der Waals surface area (Å²) < 4.78 is 37.3. The van der Waals surface area contributed by atoms with Crippen molar-refractivity contribution in [3.8, 4) is 0 Å². The van der Waals surface area contributed by atoms with Gasteiger partial charge in [0.2, 0.25) is 5.91 Å². The molecule has 0 aromatic heterocycles. The number of likely N-dealkylation sites (tertiary alicyclic amines) is 1. The Morgan fingerprint density at radius 2 is 2.00 bits per heavy atom. The first-order valence-electron chi connectivity index (χ1n) is 4.71. The van der Waals surface area contributed by atoms with Gasteiger partial charge in [-0.15, -0.1) is 0 Å². The van der Waals surface area contributed by atoms with E-state index in [1.165, 1.54) is 0 Å². The highest BCUT2D eigenvalue weighted by Crippen LogP contribution is 2.33. The molecule has 0 aromatic rings. The van der Waals surface area contributed by atoms with Crippen LogP contribution in [0.15, 0.2) is 0 Å². The molecule has 1 atom stereocenters. The molecule has 2 nitrogen and oxygen atoms in total. The molecule has 82 valence electrons. The highest BCUT2D eigenvalue weighted by molar-refractivity contribution is 5.78. The van der Waals surface area contributed by atoms with Crippen LogP contribution in [0.5, 0.6) is 0 Å². The Balaban J connectivity index is 2.74. The molecule has 0 spiro atoms. The zero-order valence-corrected chi connectivity index (χ0v) is 8.27. The third-order valence-electron chi connectivity index (χ3n) is 2.41. The molecule has 1 aliphatic rings. The fourth-order valence-electron chi connectivity index (χ4n) is 1.70. The lowest BCUT2D eigenvalue weighted by Gasteiger charge is -2.27. The van der Waals surface area contributed by atoms with Crippen molar-refractivity contribution in [2.75, 3.05) is 6.54 Å². The zero-order chi connectivity index (χ0) is 10.9. The second kappa shape index (κ2) is 3.79. The molecule has 0 N–H and O–H groups in total. The molecule has 1 saturated heterocycles. The molecule has 1 unspecified atom stereocenters. The number of alkyl halides is 3. The molecular formula is C9H14F3NO. The van der Waals surface area contributed by atoms with Gasteiger partial charge in [-0.2, -0.15) is 13.2 Å². The van der Waals surface area contributed by atoms with Crippen molar-refractivity contribution >= 4 is 5.91 Å². The van der Waals surface area contributed by atoms with Crippen LogP contribution < -0.4 is 0 Å². The summed E-state index contributed by atoms with van der Waals surface area (Å²) in [5.74, 6) is -0.761. The number of nitrogens with zero attached hydrogens (tertiary/aromatic N) is 1. The number of halogens is 3. The Morgan fingerprint density at radius 1 is 1.43 bits per heavy atom. The van der Waals surface area contributed by atoms with Crippen molar-refractivity contribution in [3.05, 3.63) is 0 Å². The highest BCUT2D eigenvalue weighted by Gasteiger charge is 2.47. The van der Waals surface area contributed by atoms with Crippen LogP contribution in [-0.2, 0) is 4.79 Å². The first-order chi connectivity index (χ1) is 6.34. The van der Waals surface area contributed by atoms with E-state index in [1.54, 1.807) is 13.8 Å². The average molecular weight is 209 g/mol. The van der Waals surface area contributed by atoms with Crippen LogP contribution in [0.3, 0.4) is 0 Å². The van der Waals surface area contributed by atoms with E-state index in [-0.39, 0.29) is 18.9 Å². The molecule has 1 heterocycles. The second-order valence-electron chi connectivity index (χ2n) is 3.89. The van der Waals surface area contributed by atoms with Crippen molar-refractivity contribution in [1.29, 1.82) is 0 Å². The zero-order valence-electron chi connectivity index (χ0n) is 8.27. The molecule has 0 bridgehead atoms. The van der Waals surface area contributed by atoms with E-state index in [1.807, 2.05) is 0 Å². The molecule has 5 heteroatoms. The molecular weight excluding hydrogens is 195 g/mol. The third kappa shape index (κ3) is 2.19. The van der Waals surface area contributed by atoms with Gasteiger partial charge in [0.1, 0.15) is 6.04 Å². The summed E-state index contributed by atoms with van der Waals surface area (Å²) in [6.45, 7) is 3.48. The number of amides is 1. The van der Waals surface area contributed by atoms with Crippen LogP contribution in [0.25, 0.3) is 0 Å². The van der Waals surface area contributed by atoms with E-state index in [0.29, 0.717) is 6.42 Å². The van der Waals surface area contributed by atoms with Gasteiger partial charge in [0.15, 0.2) is 0 Å². The largest absolute Gasteiger partial charge is 0.408 e. The average Bonchev–Trinajstić information content (AvgIpc) is 2.48. The first kappa shape index (κ1) is 11.3. The molecule has 0 radical (unpaired) electrons. The fourth-order valence-corrected chi connectivity index (χ4v) is 1.70. The lowest BCUT2D eigenvalue weighted by atomic mass is 10.1. The maximum atomic E-state index is 12.4. The topological polar surface area (TPSA) is 20.3 Å². The van der Waals surface area contributed by atoms with Crippen LogP contribution in [0.2, 0.25) is 0 Å². The smallest absolute Gasteiger partial charge is 0.330 e. The maximum absolute atomic E-state index is 12.4. The van der Waals surface area contributed by atoms with E-state index in [4.69, 9.17) is 0 Å². The Labute approximate surface area is 81.1 Å². The van der Waals surface area contributed by atoms with Gasteiger partial charge in [0.25, 0.3) is 0 Å². The summed E-state index contributed by atoms with van der Waals surface area (Å²) >= 11 is 0. The number of hydrogen-bond acceptors (Lipinski definition) is 1. The van der Waals surface area contributed by atoms with Gasteiger partial charge in [0.05, 0.1) is 0 Å². The van der Waals surface area contributed by atoms with Crippen molar-refractivity contribution in [2.24, 2.45) is 5.92 Å². The van der Waals surface area contributed by atoms with Gasteiger partial charge in [-0.1, -0.05) is 13.8 Å². The monoisotopic (exact) mass is 209 g/mol. The Bertz CT molecular complexity index is 225. The van der Waals surface area contributed by atoms with Gasteiger partial charge in [-0.3, -0.25) is 4.79 Å². The summed E-state index contributed by atoms with van der Waals surface area (Å²) in [4.78, 5) is 12.4. The van der Waals surface area contributed by atoms with E-state index >= 15 is 0 Å². The molecule has 1 fully saturated rings. The van der Waals surface area contributed by atoms with Gasteiger partial charge >= 0.3 is 6.18 Å². The molecule has 14 heavy (non-hydrogen) atoms.